The van der Waals surface area contributed by atoms with Crippen LogP contribution in [0.2, 0.25) is 5.02 Å². The first kappa shape index (κ1) is 21.2. The number of carbonyl (C=O) groups is 1. The molecule has 4 rings (SSSR count). The van der Waals surface area contributed by atoms with Gasteiger partial charge in [-0.15, -0.1) is 0 Å². The van der Waals surface area contributed by atoms with Gasteiger partial charge in [-0.25, -0.2) is 8.42 Å². The maximum Gasteiger partial charge on any atom is 0.244 e. The van der Waals surface area contributed by atoms with Crippen LogP contribution in [0.4, 0.5) is 5.69 Å². The molecule has 0 aliphatic rings. The maximum absolute atomic E-state index is 13.3. The summed E-state index contributed by atoms with van der Waals surface area (Å²) in [6, 6.07) is 19.0. The minimum Gasteiger partial charge on any atom is -0.337 e. The molecule has 0 unspecified atom stereocenters. The van der Waals surface area contributed by atoms with Crippen molar-refractivity contribution in [2.24, 2.45) is 0 Å². The second kappa shape index (κ2) is 8.21. The molecule has 0 saturated heterocycles. The Hall–Kier alpha value is -3.09. The largest absolute Gasteiger partial charge is 0.337 e. The van der Waals surface area contributed by atoms with Gasteiger partial charge in [0.1, 0.15) is 6.54 Å². The van der Waals surface area contributed by atoms with E-state index < -0.39 is 9.84 Å². The van der Waals surface area contributed by atoms with Crippen molar-refractivity contribution in [3.63, 3.8) is 0 Å². The molecule has 0 aliphatic carbocycles. The van der Waals surface area contributed by atoms with Crippen molar-refractivity contribution in [1.29, 1.82) is 0 Å². The van der Waals surface area contributed by atoms with Crippen LogP contribution in [0.5, 0.6) is 0 Å². The molecule has 0 atom stereocenters. The van der Waals surface area contributed by atoms with Crippen LogP contribution in [-0.4, -0.2) is 18.9 Å². The molecule has 1 heterocycles. The predicted molar refractivity (Wildman–Crippen MR) is 123 cm³/mol. The number of sulfone groups is 1. The molecule has 158 valence electrons. The zero-order valence-electron chi connectivity index (χ0n) is 17.1. The standard InChI is InChI=1S/C24H21ClN2O3S/c1-16-6-5-7-17(2)24(16)26-23(28)15-27-14-22(20-8-3-4-9-21(20)27)31(29,30)19-12-10-18(25)11-13-19/h3-14H,15H2,1-2H3,(H,26,28). The van der Waals surface area contributed by atoms with Gasteiger partial charge < -0.3 is 9.88 Å². The number of nitrogens with one attached hydrogen (secondary N) is 1. The molecule has 0 bridgehead atoms. The summed E-state index contributed by atoms with van der Waals surface area (Å²) in [5, 5.41) is 3.98. The normalized spacial score (nSPS) is 11.6. The number of aromatic nitrogens is 1. The number of hydrogen-bond acceptors (Lipinski definition) is 3. The van der Waals surface area contributed by atoms with Gasteiger partial charge in [0.15, 0.2) is 0 Å². The quantitative estimate of drug-likeness (QED) is 0.441. The van der Waals surface area contributed by atoms with Gasteiger partial charge in [-0.3, -0.25) is 4.79 Å². The lowest BCUT2D eigenvalue weighted by molar-refractivity contribution is -0.116. The minimum absolute atomic E-state index is 0.00950. The third kappa shape index (κ3) is 4.09. The average molecular weight is 453 g/mol. The van der Waals surface area contributed by atoms with E-state index in [2.05, 4.69) is 5.32 Å². The third-order valence-corrected chi connectivity index (χ3v) is 7.27. The van der Waals surface area contributed by atoms with Crippen molar-refractivity contribution < 1.29 is 13.2 Å². The molecule has 1 amide bonds. The highest BCUT2D eigenvalue weighted by molar-refractivity contribution is 7.91. The number of fused-ring (bicyclic) bond motifs is 1. The number of rotatable bonds is 5. The van der Waals surface area contributed by atoms with Crippen LogP contribution in [0.3, 0.4) is 0 Å². The van der Waals surface area contributed by atoms with E-state index >= 15 is 0 Å². The topological polar surface area (TPSA) is 68.2 Å². The second-order valence-corrected chi connectivity index (χ2v) is 9.77. The van der Waals surface area contributed by atoms with E-state index in [0.29, 0.717) is 15.9 Å². The number of aryl methyl sites for hydroxylation is 2. The number of anilines is 1. The van der Waals surface area contributed by atoms with Gasteiger partial charge in [0.05, 0.1) is 9.79 Å². The van der Waals surface area contributed by atoms with Crippen molar-refractivity contribution in [1.82, 2.24) is 4.57 Å². The molecule has 0 radical (unpaired) electrons. The van der Waals surface area contributed by atoms with Crippen LogP contribution >= 0.6 is 11.6 Å². The third-order valence-electron chi connectivity index (χ3n) is 5.22. The molecule has 31 heavy (non-hydrogen) atoms. The van der Waals surface area contributed by atoms with E-state index in [4.69, 9.17) is 11.6 Å². The number of benzene rings is 3. The number of para-hydroxylation sites is 2. The van der Waals surface area contributed by atoms with Crippen LogP contribution in [0.25, 0.3) is 10.9 Å². The second-order valence-electron chi connectivity index (χ2n) is 7.41. The summed E-state index contributed by atoms with van der Waals surface area (Å²) >= 11 is 5.91. The molecule has 0 fully saturated rings. The Morgan fingerprint density at radius 2 is 1.58 bits per heavy atom. The number of nitrogens with zero attached hydrogens (tertiary/aromatic N) is 1. The SMILES string of the molecule is Cc1cccc(C)c1NC(=O)Cn1cc(S(=O)(=O)c2ccc(Cl)cc2)c2ccccc21. The number of carbonyl (C=O) groups excluding carboxylic acids is 1. The molecule has 0 spiro atoms. The molecular weight excluding hydrogens is 432 g/mol. The number of halogens is 1. The first-order chi connectivity index (χ1) is 14.8. The lowest BCUT2D eigenvalue weighted by atomic mass is 10.1. The summed E-state index contributed by atoms with van der Waals surface area (Å²) in [6.07, 6.45) is 1.53. The van der Waals surface area contributed by atoms with Gasteiger partial charge >= 0.3 is 0 Å². The Kier molecular flexibility index (Phi) is 5.60. The maximum atomic E-state index is 13.3. The fourth-order valence-corrected chi connectivity index (χ4v) is 5.25. The van der Waals surface area contributed by atoms with Crippen LogP contribution in [-0.2, 0) is 21.2 Å². The first-order valence-electron chi connectivity index (χ1n) is 9.72. The Labute approximate surface area is 186 Å². The summed E-state index contributed by atoms with van der Waals surface area (Å²) < 4.78 is 28.2. The van der Waals surface area contributed by atoms with Crippen molar-refractivity contribution in [2.75, 3.05) is 5.32 Å². The molecule has 7 heteroatoms. The fraction of sp³-hybridized carbons (Fsp3) is 0.125. The van der Waals surface area contributed by atoms with Crippen molar-refractivity contribution in [3.05, 3.63) is 89.1 Å². The molecule has 4 aromatic rings. The lowest BCUT2D eigenvalue weighted by Gasteiger charge is -2.12. The van der Waals surface area contributed by atoms with E-state index in [1.54, 1.807) is 28.8 Å². The molecule has 1 N–H and O–H groups in total. The molecule has 0 aliphatic heterocycles. The summed E-state index contributed by atoms with van der Waals surface area (Å²) in [7, 11) is -3.78. The summed E-state index contributed by atoms with van der Waals surface area (Å²) in [6.45, 7) is 3.86. The lowest BCUT2D eigenvalue weighted by Crippen LogP contribution is -2.19. The van der Waals surface area contributed by atoms with Gasteiger partial charge in [-0.1, -0.05) is 48.0 Å². The Bertz CT molecular complexity index is 1370. The van der Waals surface area contributed by atoms with E-state index in [1.807, 2.05) is 44.2 Å². The number of hydrogen-bond donors (Lipinski definition) is 1. The zero-order chi connectivity index (χ0) is 22.2. The zero-order valence-corrected chi connectivity index (χ0v) is 18.7. The van der Waals surface area contributed by atoms with E-state index in [9.17, 15) is 13.2 Å². The van der Waals surface area contributed by atoms with E-state index in [-0.39, 0.29) is 22.2 Å². The van der Waals surface area contributed by atoms with E-state index in [1.165, 1.54) is 18.3 Å². The highest BCUT2D eigenvalue weighted by Gasteiger charge is 2.24. The fourth-order valence-electron chi connectivity index (χ4n) is 3.64. The molecule has 0 saturated carbocycles. The first-order valence-corrected chi connectivity index (χ1v) is 11.6. The van der Waals surface area contributed by atoms with Gasteiger partial charge in [0, 0.05) is 27.8 Å². The van der Waals surface area contributed by atoms with Crippen LogP contribution in [0.15, 0.2) is 82.7 Å². The van der Waals surface area contributed by atoms with Crippen molar-refractivity contribution in [3.8, 4) is 0 Å². The van der Waals surface area contributed by atoms with Gasteiger partial charge in [-0.2, -0.15) is 0 Å². The van der Waals surface area contributed by atoms with Gasteiger partial charge in [0.2, 0.25) is 15.7 Å². The minimum atomic E-state index is -3.78. The molecule has 1 aromatic heterocycles. The summed E-state index contributed by atoms with van der Waals surface area (Å²) in [4.78, 5) is 13.1. The Balaban J connectivity index is 1.72. The van der Waals surface area contributed by atoms with Crippen molar-refractivity contribution in [2.45, 2.75) is 30.2 Å². The van der Waals surface area contributed by atoms with E-state index in [0.717, 1.165) is 16.8 Å². The smallest absolute Gasteiger partial charge is 0.244 e. The summed E-state index contributed by atoms with van der Waals surface area (Å²) in [5.41, 5.74) is 3.39. The van der Waals surface area contributed by atoms with Crippen LogP contribution < -0.4 is 5.32 Å². The average Bonchev–Trinajstić information content (AvgIpc) is 3.10. The molecule has 5 nitrogen and oxygen atoms in total. The van der Waals surface area contributed by atoms with Crippen LogP contribution in [0, 0.1) is 13.8 Å². The van der Waals surface area contributed by atoms with Crippen LogP contribution in [0.1, 0.15) is 11.1 Å². The highest BCUT2D eigenvalue weighted by Crippen LogP contribution is 2.31. The van der Waals surface area contributed by atoms with Gasteiger partial charge in [0.25, 0.3) is 0 Å². The highest BCUT2D eigenvalue weighted by atomic mass is 35.5. The molecule has 3 aromatic carbocycles. The number of amides is 1. The molecular formula is C24H21ClN2O3S. The Morgan fingerprint density at radius 3 is 2.26 bits per heavy atom. The van der Waals surface area contributed by atoms with Crippen molar-refractivity contribution >= 4 is 43.9 Å². The Morgan fingerprint density at radius 1 is 0.935 bits per heavy atom. The van der Waals surface area contributed by atoms with Gasteiger partial charge in [-0.05, 0) is 55.3 Å². The monoisotopic (exact) mass is 452 g/mol. The summed E-state index contributed by atoms with van der Waals surface area (Å²) in [5.74, 6) is -0.228. The predicted octanol–water partition coefficient (Wildman–Crippen LogP) is 5.38.